The van der Waals surface area contributed by atoms with Crippen LogP contribution in [0.5, 0.6) is 0 Å². The molecular weight excluding hydrogens is 277 g/mol. The van der Waals surface area contributed by atoms with Crippen molar-refractivity contribution in [3.05, 3.63) is 64.3 Å². The average Bonchev–Trinajstić information content (AvgIpc) is 2.42. The lowest BCUT2D eigenvalue weighted by atomic mass is 10.1. The fraction of sp³-hybridized carbons (Fsp3) is 0.0625. The first-order valence-electron chi connectivity index (χ1n) is 5.97. The molecule has 0 amide bonds. The number of fused-ring (bicyclic) bond motifs is 1. The number of benzene rings is 2. The number of nitrogens with zero attached hydrogens (tertiary/aromatic N) is 1. The van der Waals surface area contributed by atoms with Gasteiger partial charge in [0.2, 0.25) is 0 Å². The molecule has 0 aliphatic carbocycles. The lowest BCUT2D eigenvalue weighted by molar-refractivity contribution is 1.24. The fourth-order valence-electron chi connectivity index (χ4n) is 2.17. The summed E-state index contributed by atoms with van der Waals surface area (Å²) in [6.45, 7) is 1.99. The van der Waals surface area contributed by atoms with E-state index in [1.54, 1.807) is 0 Å². The van der Waals surface area contributed by atoms with Gasteiger partial charge in [-0.25, -0.2) is 0 Å². The summed E-state index contributed by atoms with van der Waals surface area (Å²) < 4.78 is 0. The summed E-state index contributed by atoms with van der Waals surface area (Å²) in [6.07, 6.45) is 0. The zero-order chi connectivity index (χ0) is 13.4. The maximum Gasteiger partial charge on any atom is 0.0711 e. The first-order chi connectivity index (χ1) is 9.15. The number of aryl methyl sites for hydroxylation is 1. The summed E-state index contributed by atoms with van der Waals surface area (Å²) in [5.74, 6) is 0. The van der Waals surface area contributed by atoms with Gasteiger partial charge in [-0.3, -0.25) is 4.98 Å². The van der Waals surface area contributed by atoms with Crippen LogP contribution in [0.25, 0.3) is 22.0 Å². The third-order valence-corrected chi connectivity index (χ3v) is 3.85. The maximum absolute atomic E-state index is 6.09. The molecule has 19 heavy (non-hydrogen) atoms. The molecule has 0 aliphatic rings. The van der Waals surface area contributed by atoms with Crippen LogP contribution in [0.1, 0.15) is 5.69 Å². The van der Waals surface area contributed by atoms with Crippen molar-refractivity contribution in [2.45, 2.75) is 6.92 Å². The van der Waals surface area contributed by atoms with E-state index in [-0.39, 0.29) is 0 Å². The van der Waals surface area contributed by atoms with Crippen molar-refractivity contribution in [1.82, 2.24) is 4.98 Å². The molecule has 0 fully saturated rings. The van der Waals surface area contributed by atoms with Gasteiger partial charge in [0, 0.05) is 16.6 Å². The summed E-state index contributed by atoms with van der Waals surface area (Å²) in [4.78, 5) is 4.64. The summed E-state index contributed by atoms with van der Waals surface area (Å²) in [7, 11) is 0. The summed E-state index contributed by atoms with van der Waals surface area (Å²) in [5, 5.41) is 3.22. The van der Waals surface area contributed by atoms with E-state index in [1.165, 1.54) is 0 Å². The predicted molar refractivity (Wildman–Crippen MR) is 81.9 cm³/mol. The van der Waals surface area contributed by atoms with Gasteiger partial charge in [0.05, 0.1) is 15.7 Å². The molecule has 3 heteroatoms. The van der Waals surface area contributed by atoms with Gasteiger partial charge in [0.15, 0.2) is 0 Å². The number of halogens is 2. The second kappa shape index (κ2) is 4.84. The predicted octanol–water partition coefficient (Wildman–Crippen LogP) is 5.52. The molecule has 0 saturated carbocycles. The number of pyridine rings is 1. The molecule has 2 aromatic carbocycles. The second-order valence-corrected chi connectivity index (χ2v) is 5.26. The SMILES string of the molecule is Cc1nc(-c2ccccc2)cc2cc(Cl)c(Cl)cc12. The molecular formula is C16H11Cl2N. The number of hydrogen-bond acceptors (Lipinski definition) is 1. The van der Waals surface area contributed by atoms with Gasteiger partial charge in [0.1, 0.15) is 0 Å². The molecule has 0 spiro atoms. The van der Waals surface area contributed by atoms with Gasteiger partial charge in [-0.15, -0.1) is 0 Å². The minimum Gasteiger partial charge on any atom is -0.252 e. The Hall–Kier alpha value is -1.57. The van der Waals surface area contributed by atoms with Crippen LogP contribution in [0.3, 0.4) is 0 Å². The average molecular weight is 288 g/mol. The van der Waals surface area contributed by atoms with Crippen molar-refractivity contribution in [2.75, 3.05) is 0 Å². The van der Waals surface area contributed by atoms with Crippen molar-refractivity contribution in [3.63, 3.8) is 0 Å². The van der Waals surface area contributed by atoms with Gasteiger partial charge < -0.3 is 0 Å². The maximum atomic E-state index is 6.09. The Balaban J connectivity index is 2.28. The number of aromatic nitrogens is 1. The van der Waals surface area contributed by atoms with Crippen molar-refractivity contribution >= 4 is 34.0 Å². The molecule has 0 saturated heterocycles. The number of hydrogen-bond donors (Lipinski definition) is 0. The smallest absolute Gasteiger partial charge is 0.0711 e. The normalized spacial score (nSPS) is 10.9. The molecule has 0 aliphatic heterocycles. The minimum absolute atomic E-state index is 0.562. The van der Waals surface area contributed by atoms with E-state index in [1.807, 2.05) is 55.5 Å². The highest BCUT2D eigenvalue weighted by molar-refractivity contribution is 6.42. The molecule has 1 heterocycles. The van der Waals surface area contributed by atoms with Gasteiger partial charge in [0.25, 0.3) is 0 Å². The van der Waals surface area contributed by atoms with E-state index >= 15 is 0 Å². The molecule has 3 rings (SSSR count). The van der Waals surface area contributed by atoms with Crippen LogP contribution in [0.2, 0.25) is 10.0 Å². The zero-order valence-electron chi connectivity index (χ0n) is 10.3. The van der Waals surface area contributed by atoms with E-state index in [2.05, 4.69) is 4.98 Å². The first kappa shape index (κ1) is 12.5. The molecule has 94 valence electrons. The molecule has 0 radical (unpaired) electrons. The Kier molecular flexibility index (Phi) is 3.17. The fourth-order valence-corrected chi connectivity index (χ4v) is 2.51. The molecule has 1 aromatic heterocycles. The van der Waals surface area contributed by atoms with Gasteiger partial charge in [-0.1, -0.05) is 53.5 Å². The van der Waals surface area contributed by atoms with Crippen LogP contribution in [-0.4, -0.2) is 4.98 Å². The zero-order valence-corrected chi connectivity index (χ0v) is 11.8. The van der Waals surface area contributed by atoms with E-state index < -0.39 is 0 Å². The van der Waals surface area contributed by atoms with Gasteiger partial charge >= 0.3 is 0 Å². The molecule has 1 nitrogen and oxygen atoms in total. The first-order valence-corrected chi connectivity index (χ1v) is 6.72. The Morgan fingerprint density at radius 2 is 1.58 bits per heavy atom. The van der Waals surface area contributed by atoms with Gasteiger partial charge in [-0.05, 0) is 30.5 Å². The molecule has 0 N–H and O–H groups in total. The summed E-state index contributed by atoms with van der Waals surface area (Å²) >= 11 is 12.1. The van der Waals surface area contributed by atoms with E-state index in [9.17, 15) is 0 Å². The van der Waals surface area contributed by atoms with Crippen molar-refractivity contribution < 1.29 is 0 Å². The second-order valence-electron chi connectivity index (χ2n) is 4.45. The molecule has 0 bridgehead atoms. The van der Waals surface area contributed by atoms with Crippen molar-refractivity contribution in [3.8, 4) is 11.3 Å². The van der Waals surface area contributed by atoms with E-state index in [4.69, 9.17) is 23.2 Å². The highest BCUT2D eigenvalue weighted by atomic mass is 35.5. The topological polar surface area (TPSA) is 12.9 Å². The highest BCUT2D eigenvalue weighted by Gasteiger charge is 2.07. The molecule has 3 aromatic rings. The van der Waals surface area contributed by atoms with Crippen LogP contribution >= 0.6 is 23.2 Å². The van der Waals surface area contributed by atoms with Crippen LogP contribution in [0.4, 0.5) is 0 Å². The van der Waals surface area contributed by atoms with E-state index in [0.717, 1.165) is 27.7 Å². The Labute approximate surface area is 121 Å². The van der Waals surface area contributed by atoms with Crippen LogP contribution < -0.4 is 0 Å². The Morgan fingerprint density at radius 1 is 0.895 bits per heavy atom. The standard InChI is InChI=1S/C16H11Cl2N/c1-10-13-9-15(18)14(17)7-12(13)8-16(19-10)11-5-3-2-4-6-11/h2-9H,1H3. The summed E-state index contributed by atoms with van der Waals surface area (Å²) in [6, 6.07) is 15.9. The van der Waals surface area contributed by atoms with Crippen molar-refractivity contribution in [1.29, 1.82) is 0 Å². The molecule has 0 unspecified atom stereocenters. The minimum atomic E-state index is 0.562. The quantitative estimate of drug-likeness (QED) is 0.574. The van der Waals surface area contributed by atoms with Crippen LogP contribution in [0.15, 0.2) is 48.5 Å². The van der Waals surface area contributed by atoms with E-state index in [0.29, 0.717) is 10.0 Å². The highest BCUT2D eigenvalue weighted by Crippen LogP contribution is 2.31. The third kappa shape index (κ3) is 2.32. The Bertz CT molecular complexity index is 752. The monoisotopic (exact) mass is 287 g/mol. The van der Waals surface area contributed by atoms with Crippen LogP contribution in [-0.2, 0) is 0 Å². The van der Waals surface area contributed by atoms with Gasteiger partial charge in [-0.2, -0.15) is 0 Å². The molecule has 0 atom stereocenters. The van der Waals surface area contributed by atoms with Crippen molar-refractivity contribution in [2.24, 2.45) is 0 Å². The lowest BCUT2D eigenvalue weighted by Gasteiger charge is -2.08. The number of rotatable bonds is 1. The summed E-state index contributed by atoms with van der Waals surface area (Å²) in [5.41, 5.74) is 3.00. The lowest BCUT2D eigenvalue weighted by Crippen LogP contribution is -1.89. The largest absolute Gasteiger partial charge is 0.252 e. The third-order valence-electron chi connectivity index (χ3n) is 3.13. The van der Waals surface area contributed by atoms with Crippen LogP contribution in [0, 0.1) is 6.92 Å². The Morgan fingerprint density at radius 3 is 2.32 bits per heavy atom.